The predicted octanol–water partition coefficient (Wildman–Crippen LogP) is 5.42. The molecule has 0 unspecified atom stereocenters. The third kappa shape index (κ3) is 4.89. The van der Waals surface area contributed by atoms with Crippen LogP contribution in [-0.2, 0) is 0 Å². The average molecular weight is 397 g/mol. The van der Waals surface area contributed by atoms with Crippen molar-refractivity contribution in [1.82, 2.24) is 5.32 Å². The third-order valence-corrected chi connectivity index (χ3v) is 5.47. The van der Waals surface area contributed by atoms with Crippen molar-refractivity contribution in [2.75, 3.05) is 5.32 Å². The van der Waals surface area contributed by atoms with E-state index >= 15 is 0 Å². The number of carbonyl (C=O) groups is 2. The van der Waals surface area contributed by atoms with E-state index < -0.39 is 0 Å². The highest BCUT2D eigenvalue weighted by atomic mass is 32.1. The molecule has 2 aromatic heterocycles. The molecule has 146 valence electrons. The number of benzene rings is 1. The van der Waals surface area contributed by atoms with Gasteiger partial charge in [0, 0.05) is 0 Å². The second kappa shape index (κ2) is 8.89. The molecule has 0 saturated carbocycles. The topological polar surface area (TPSA) is 71.3 Å². The van der Waals surface area contributed by atoms with Gasteiger partial charge in [-0.2, -0.15) is 0 Å². The molecule has 0 aliphatic carbocycles. The molecule has 0 aliphatic heterocycles. The molecule has 0 radical (unpaired) electrons. The number of aryl methyl sites for hydroxylation is 1. The first-order chi connectivity index (χ1) is 13.4. The van der Waals surface area contributed by atoms with E-state index in [0.717, 1.165) is 17.5 Å². The number of carbonyl (C=O) groups excluding carboxylic acids is 2. The van der Waals surface area contributed by atoms with Gasteiger partial charge in [0.2, 0.25) is 0 Å². The summed E-state index contributed by atoms with van der Waals surface area (Å²) in [5.74, 6) is 0.215. The van der Waals surface area contributed by atoms with Crippen LogP contribution in [0.3, 0.4) is 0 Å². The van der Waals surface area contributed by atoms with Crippen molar-refractivity contribution in [2.45, 2.75) is 33.2 Å². The van der Waals surface area contributed by atoms with Crippen LogP contribution in [0.4, 0.5) is 5.00 Å². The van der Waals surface area contributed by atoms with E-state index in [9.17, 15) is 9.59 Å². The zero-order valence-corrected chi connectivity index (χ0v) is 17.0. The fourth-order valence-electron chi connectivity index (χ4n) is 3.01. The molecule has 2 N–H and O–H groups in total. The molecule has 1 aromatic carbocycles. The second-order valence-electron chi connectivity index (χ2n) is 7.12. The second-order valence-corrected chi connectivity index (χ2v) is 8.17. The number of amides is 2. The maximum Gasteiger partial charge on any atom is 0.291 e. The number of nitrogens with one attached hydrogen (secondary N) is 2. The standard InChI is InChI=1S/C22H24N2O3S/c1-14(2)12-17(16-8-5-4-6-9-16)23-22(26)20-15(3)13-19(28-20)24-21(25)18-10-7-11-27-18/h4-11,13-14,17H,12H2,1-3H3,(H,23,26)(H,24,25)/t17-/m0/s1. The maximum atomic E-state index is 12.9. The van der Waals surface area contributed by atoms with E-state index in [4.69, 9.17) is 4.42 Å². The Morgan fingerprint density at radius 3 is 2.46 bits per heavy atom. The van der Waals surface area contributed by atoms with Gasteiger partial charge in [-0.05, 0) is 48.6 Å². The molecule has 28 heavy (non-hydrogen) atoms. The van der Waals surface area contributed by atoms with E-state index in [-0.39, 0.29) is 23.6 Å². The first kappa shape index (κ1) is 19.9. The fourth-order valence-corrected chi connectivity index (χ4v) is 3.98. The zero-order valence-electron chi connectivity index (χ0n) is 16.2. The van der Waals surface area contributed by atoms with Crippen LogP contribution in [0.5, 0.6) is 0 Å². The first-order valence-corrected chi connectivity index (χ1v) is 10.1. The van der Waals surface area contributed by atoms with Crippen LogP contribution in [0.15, 0.2) is 59.2 Å². The highest BCUT2D eigenvalue weighted by molar-refractivity contribution is 7.18. The highest BCUT2D eigenvalue weighted by Crippen LogP contribution is 2.29. The lowest BCUT2D eigenvalue weighted by Gasteiger charge is -2.21. The monoisotopic (exact) mass is 396 g/mol. The SMILES string of the molecule is Cc1cc(NC(=O)c2ccco2)sc1C(=O)N[C@@H](CC(C)C)c1ccccc1. The van der Waals surface area contributed by atoms with E-state index in [1.54, 1.807) is 18.2 Å². The largest absolute Gasteiger partial charge is 0.459 e. The van der Waals surface area contributed by atoms with E-state index in [1.165, 1.54) is 17.6 Å². The van der Waals surface area contributed by atoms with Crippen LogP contribution in [0.25, 0.3) is 0 Å². The van der Waals surface area contributed by atoms with Gasteiger partial charge in [-0.3, -0.25) is 9.59 Å². The van der Waals surface area contributed by atoms with Gasteiger partial charge in [-0.25, -0.2) is 0 Å². The number of anilines is 1. The summed E-state index contributed by atoms with van der Waals surface area (Å²) in [4.78, 5) is 25.7. The summed E-state index contributed by atoms with van der Waals surface area (Å²) in [6.45, 7) is 6.15. The van der Waals surface area contributed by atoms with Gasteiger partial charge < -0.3 is 15.1 Å². The Balaban J connectivity index is 1.74. The van der Waals surface area contributed by atoms with Gasteiger partial charge >= 0.3 is 0 Å². The minimum Gasteiger partial charge on any atom is -0.459 e. The van der Waals surface area contributed by atoms with Crippen LogP contribution >= 0.6 is 11.3 Å². The van der Waals surface area contributed by atoms with E-state index in [0.29, 0.717) is 15.8 Å². The Hall–Kier alpha value is -2.86. The normalized spacial score (nSPS) is 12.0. The maximum absolute atomic E-state index is 12.9. The molecule has 0 saturated heterocycles. The quantitative estimate of drug-likeness (QED) is 0.560. The molecule has 0 bridgehead atoms. The highest BCUT2D eigenvalue weighted by Gasteiger charge is 2.21. The number of hydrogen-bond acceptors (Lipinski definition) is 4. The molecule has 0 aliphatic rings. The fraction of sp³-hybridized carbons (Fsp3) is 0.273. The van der Waals surface area contributed by atoms with Crippen molar-refractivity contribution in [2.24, 2.45) is 5.92 Å². The van der Waals surface area contributed by atoms with Crippen LogP contribution in [-0.4, -0.2) is 11.8 Å². The van der Waals surface area contributed by atoms with Gasteiger partial charge in [0.05, 0.1) is 22.2 Å². The lowest BCUT2D eigenvalue weighted by Crippen LogP contribution is -2.29. The third-order valence-electron chi connectivity index (χ3n) is 4.32. The van der Waals surface area contributed by atoms with Crippen molar-refractivity contribution in [3.63, 3.8) is 0 Å². The number of hydrogen-bond donors (Lipinski definition) is 2. The van der Waals surface area contributed by atoms with Crippen molar-refractivity contribution in [3.05, 3.63) is 76.6 Å². The molecule has 6 heteroatoms. The van der Waals surface area contributed by atoms with Crippen LogP contribution in [0.2, 0.25) is 0 Å². The minimum atomic E-state index is -0.333. The molecular formula is C22H24N2O3S. The van der Waals surface area contributed by atoms with E-state index in [1.807, 2.05) is 37.3 Å². The van der Waals surface area contributed by atoms with Crippen molar-refractivity contribution in [3.8, 4) is 0 Å². The lowest BCUT2D eigenvalue weighted by molar-refractivity contribution is 0.0934. The number of furan rings is 1. The summed E-state index contributed by atoms with van der Waals surface area (Å²) in [6, 6.07) is 15.0. The molecule has 2 amide bonds. The lowest BCUT2D eigenvalue weighted by atomic mass is 9.97. The molecular weight excluding hydrogens is 372 g/mol. The van der Waals surface area contributed by atoms with Crippen molar-refractivity contribution in [1.29, 1.82) is 0 Å². The summed E-state index contributed by atoms with van der Waals surface area (Å²) in [6.07, 6.45) is 2.30. The average Bonchev–Trinajstić information content (AvgIpc) is 3.31. The Labute approximate surface area is 168 Å². The Morgan fingerprint density at radius 2 is 1.82 bits per heavy atom. The summed E-state index contributed by atoms with van der Waals surface area (Å²) < 4.78 is 5.10. The Kier molecular flexibility index (Phi) is 6.31. The van der Waals surface area contributed by atoms with Gasteiger partial charge in [-0.15, -0.1) is 11.3 Å². The van der Waals surface area contributed by atoms with Gasteiger partial charge in [0.1, 0.15) is 0 Å². The molecule has 5 nitrogen and oxygen atoms in total. The summed E-state index contributed by atoms with van der Waals surface area (Å²) in [5.41, 5.74) is 1.92. The van der Waals surface area contributed by atoms with Crippen LogP contribution in [0.1, 0.15) is 57.7 Å². The van der Waals surface area contributed by atoms with Crippen molar-refractivity contribution >= 4 is 28.2 Å². The van der Waals surface area contributed by atoms with Crippen LogP contribution < -0.4 is 10.6 Å². The molecule has 3 rings (SSSR count). The Morgan fingerprint density at radius 1 is 1.07 bits per heavy atom. The number of thiophene rings is 1. The van der Waals surface area contributed by atoms with Gasteiger partial charge in [-0.1, -0.05) is 44.2 Å². The molecule has 0 fully saturated rings. The zero-order chi connectivity index (χ0) is 20.1. The smallest absolute Gasteiger partial charge is 0.291 e. The number of rotatable bonds is 7. The van der Waals surface area contributed by atoms with Gasteiger partial charge in [0.15, 0.2) is 5.76 Å². The summed E-state index contributed by atoms with van der Waals surface area (Å²) in [7, 11) is 0. The minimum absolute atomic E-state index is 0.0589. The molecule has 1 atom stereocenters. The summed E-state index contributed by atoms with van der Waals surface area (Å²) in [5, 5.41) is 6.55. The predicted molar refractivity (Wildman–Crippen MR) is 112 cm³/mol. The summed E-state index contributed by atoms with van der Waals surface area (Å²) >= 11 is 1.26. The molecule has 0 spiro atoms. The first-order valence-electron chi connectivity index (χ1n) is 9.25. The molecule has 2 heterocycles. The molecule has 3 aromatic rings. The Bertz CT molecular complexity index is 930. The van der Waals surface area contributed by atoms with Crippen molar-refractivity contribution < 1.29 is 14.0 Å². The van der Waals surface area contributed by atoms with E-state index in [2.05, 4.69) is 24.5 Å². The van der Waals surface area contributed by atoms with Crippen LogP contribution in [0, 0.1) is 12.8 Å². The van der Waals surface area contributed by atoms with Gasteiger partial charge in [0.25, 0.3) is 11.8 Å².